The van der Waals surface area contributed by atoms with E-state index in [1.807, 2.05) is 24.7 Å². The molecule has 5 aromatic heterocycles. The van der Waals surface area contributed by atoms with Crippen molar-refractivity contribution in [3.63, 3.8) is 0 Å². The largest absolute Gasteiger partial charge is 0.307 e. The third-order valence-electron chi connectivity index (χ3n) is 8.92. The zero-order valence-electron chi connectivity index (χ0n) is 23.0. The summed E-state index contributed by atoms with van der Waals surface area (Å²) in [6.45, 7) is 0. The second kappa shape index (κ2) is 8.30. The molecule has 0 saturated heterocycles. The quantitative estimate of drug-likeness (QED) is 0.202. The van der Waals surface area contributed by atoms with Gasteiger partial charge in [-0.1, -0.05) is 66.7 Å². The fourth-order valence-electron chi connectivity index (χ4n) is 7.24. The van der Waals surface area contributed by atoms with Crippen molar-refractivity contribution in [2.75, 3.05) is 0 Å². The normalized spacial score (nSPS) is 12.2. The molecule has 0 aliphatic carbocycles. The molecule has 10 aromatic rings. The van der Waals surface area contributed by atoms with Gasteiger partial charge < -0.3 is 9.13 Å². The molecule has 0 N–H and O–H groups in total. The van der Waals surface area contributed by atoms with Gasteiger partial charge in [-0.15, -0.1) is 0 Å². The van der Waals surface area contributed by atoms with Crippen molar-refractivity contribution in [3.8, 4) is 11.4 Å². The van der Waals surface area contributed by atoms with E-state index in [0.717, 1.165) is 44.3 Å². The minimum atomic E-state index is 0.942. The molecule has 0 saturated carbocycles. The van der Waals surface area contributed by atoms with Crippen LogP contribution in [0.3, 0.4) is 0 Å². The zero-order chi connectivity index (χ0) is 28.1. The van der Waals surface area contributed by atoms with Crippen molar-refractivity contribution in [2.45, 2.75) is 0 Å². The highest BCUT2D eigenvalue weighted by Gasteiger charge is 2.24. The zero-order valence-corrected chi connectivity index (χ0v) is 23.0. The van der Waals surface area contributed by atoms with Crippen LogP contribution in [0, 0.1) is 0 Å². The van der Waals surface area contributed by atoms with Crippen molar-refractivity contribution in [1.29, 1.82) is 0 Å². The molecule has 43 heavy (non-hydrogen) atoms. The number of pyridine rings is 2. The summed E-state index contributed by atoms with van der Waals surface area (Å²) in [5.74, 6) is 0. The topological polar surface area (TPSA) is 40.0 Å². The molecular weight excluding hydrogens is 526 g/mol. The number of para-hydroxylation sites is 3. The standard InChI is InChI=1S/C38H23N5/c1-3-10-24(11-4-1)42-30-15-8-7-14-26(30)27-17-18-29-33-31(43(37(29)36(27)42)25-12-5-2-6-13-25)20-19-28-34(33)38-40-22-23-41(38)32-16-9-21-39-35(28)32/h1-23H. The molecule has 5 heterocycles. The van der Waals surface area contributed by atoms with E-state index in [2.05, 4.69) is 129 Å². The van der Waals surface area contributed by atoms with E-state index in [1.54, 1.807) is 0 Å². The summed E-state index contributed by atoms with van der Waals surface area (Å²) in [6, 6.07) is 43.3. The van der Waals surface area contributed by atoms with E-state index in [-0.39, 0.29) is 0 Å². The van der Waals surface area contributed by atoms with Gasteiger partial charge in [0, 0.05) is 62.3 Å². The summed E-state index contributed by atoms with van der Waals surface area (Å²) in [7, 11) is 0. The Morgan fingerprint density at radius 1 is 0.419 bits per heavy atom. The maximum atomic E-state index is 4.92. The number of fused-ring (bicyclic) bond motifs is 14. The molecule has 0 bridgehead atoms. The summed E-state index contributed by atoms with van der Waals surface area (Å²) >= 11 is 0. The minimum Gasteiger partial charge on any atom is -0.307 e. The second-order valence-electron chi connectivity index (χ2n) is 11.1. The van der Waals surface area contributed by atoms with Gasteiger partial charge in [0.2, 0.25) is 0 Å². The summed E-state index contributed by atoms with van der Waals surface area (Å²) < 4.78 is 7.04. The van der Waals surface area contributed by atoms with Gasteiger partial charge in [0.25, 0.3) is 0 Å². The Bertz CT molecular complexity index is 2710. The third kappa shape index (κ3) is 2.90. The average Bonchev–Trinajstić information content (AvgIpc) is 3.78. The Morgan fingerprint density at radius 3 is 1.88 bits per heavy atom. The van der Waals surface area contributed by atoms with Crippen molar-refractivity contribution in [1.82, 2.24) is 23.5 Å². The fraction of sp³-hybridized carbons (Fsp3) is 0. The number of hydrogen-bond acceptors (Lipinski definition) is 2. The van der Waals surface area contributed by atoms with Crippen molar-refractivity contribution < 1.29 is 0 Å². The Labute approximate surface area is 245 Å². The van der Waals surface area contributed by atoms with Gasteiger partial charge in [0.05, 0.1) is 33.1 Å². The number of hydrogen-bond donors (Lipinski definition) is 0. The van der Waals surface area contributed by atoms with E-state index in [0.29, 0.717) is 0 Å². The van der Waals surface area contributed by atoms with E-state index in [4.69, 9.17) is 9.97 Å². The maximum Gasteiger partial charge on any atom is 0.145 e. The molecule has 5 nitrogen and oxygen atoms in total. The highest BCUT2D eigenvalue weighted by atomic mass is 15.0. The van der Waals surface area contributed by atoms with Gasteiger partial charge in [0.1, 0.15) is 5.65 Å². The predicted octanol–water partition coefficient (Wildman–Crippen LogP) is 9.23. The van der Waals surface area contributed by atoms with Crippen LogP contribution in [0.15, 0.2) is 140 Å². The van der Waals surface area contributed by atoms with Crippen LogP contribution >= 0.6 is 0 Å². The molecule has 0 atom stereocenters. The van der Waals surface area contributed by atoms with Crippen LogP contribution in [-0.4, -0.2) is 23.5 Å². The third-order valence-corrected chi connectivity index (χ3v) is 8.92. The first-order valence-electron chi connectivity index (χ1n) is 14.5. The van der Waals surface area contributed by atoms with Gasteiger partial charge in [-0.3, -0.25) is 9.38 Å². The van der Waals surface area contributed by atoms with Gasteiger partial charge >= 0.3 is 0 Å². The lowest BCUT2D eigenvalue weighted by molar-refractivity contribution is 1.15. The lowest BCUT2D eigenvalue weighted by atomic mass is 10.0. The number of nitrogens with zero attached hydrogens (tertiary/aromatic N) is 5. The second-order valence-corrected chi connectivity index (χ2v) is 11.1. The van der Waals surface area contributed by atoms with Crippen LogP contribution in [0.25, 0.3) is 82.4 Å². The van der Waals surface area contributed by atoms with Crippen LogP contribution in [0.1, 0.15) is 0 Å². The van der Waals surface area contributed by atoms with Crippen LogP contribution < -0.4 is 0 Å². The molecular formula is C38H23N5. The molecule has 0 amide bonds. The first kappa shape index (κ1) is 22.7. The maximum absolute atomic E-state index is 4.92. The molecule has 5 heteroatoms. The first-order chi connectivity index (χ1) is 21.4. The van der Waals surface area contributed by atoms with Crippen molar-refractivity contribution in [3.05, 3.63) is 140 Å². The number of rotatable bonds is 2. The van der Waals surface area contributed by atoms with Gasteiger partial charge in [-0.25, -0.2) is 4.98 Å². The molecule has 0 aliphatic heterocycles. The number of benzene rings is 5. The van der Waals surface area contributed by atoms with Gasteiger partial charge in [-0.2, -0.15) is 0 Å². The Hall–Kier alpha value is -5.94. The minimum absolute atomic E-state index is 0.942. The lowest BCUT2D eigenvalue weighted by Crippen LogP contribution is -1.98. The van der Waals surface area contributed by atoms with E-state index in [9.17, 15) is 0 Å². The molecule has 0 unspecified atom stereocenters. The van der Waals surface area contributed by atoms with Gasteiger partial charge in [-0.05, 0) is 54.6 Å². The fourth-order valence-corrected chi connectivity index (χ4v) is 7.24. The first-order valence-corrected chi connectivity index (χ1v) is 14.5. The number of imidazole rings is 1. The van der Waals surface area contributed by atoms with Crippen molar-refractivity contribution in [2.24, 2.45) is 0 Å². The van der Waals surface area contributed by atoms with Crippen LogP contribution in [0.2, 0.25) is 0 Å². The molecule has 5 aromatic carbocycles. The smallest absolute Gasteiger partial charge is 0.145 e. The summed E-state index contributed by atoms with van der Waals surface area (Å²) in [4.78, 5) is 9.78. The Morgan fingerprint density at radius 2 is 1.07 bits per heavy atom. The molecule has 10 rings (SSSR count). The highest BCUT2D eigenvalue weighted by molar-refractivity contribution is 6.32. The van der Waals surface area contributed by atoms with Crippen LogP contribution in [0.4, 0.5) is 0 Å². The molecule has 0 radical (unpaired) electrons. The summed E-state index contributed by atoms with van der Waals surface area (Å²) in [5.41, 5.74) is 9.94. The van der Waals surface area contributed by atoms with E-state index < -0.39 is 0 Å². The predicted molar refractivity (Wildman–Crippen MR) is 177 cm³/mol. The molecule has 0 aliphatic rings. The van der Waals surface area contributed by atoms with E-state index in [1.165, 1.54) is 38.1 Å². The molecule has 0 fully saturated rings. The average molecular weight is 550 g/mol. The SMILES string of the molecule is c1ccc(-n2c3ccccc3c3ccc4c5c6c(ccc5n(-c5ccccc5)c4c32)c2ncccc2n2ccnc62)cc1. The monoisotopic (exact) mass is 549 g/mol. The van der Waals surface area contributed by atoms with Crippen LogP contribution in [-0.2, 0) is 0 Å². The highest BCUT2D eigenvalue weighted by Crippen LogP contribution is 2.45. The summed E-state index contributed by atoms with van der Waals surface area (Å²) in [5, 5.41) is 7.08. The van der Waals surface area contributed by atoms with Crippen molar-refractivity contribution >= 4 is 71.1 Å². The molecule has 0 spiro atoms. The number of aromatic nitrogens is 5. The van der Waals surface area contributed by atoms with Crippen LogP contribution in [0.5, 0.6) is 0 Å². The summed E-state index contributed by atoms with van der Waals surface area (Å²) in [6.07, 6.45) is 5.81. The van der Waals surface area contributed by atoms with Gasteiger partial charge in [0.15, 0.2) is 0 Å². The molecule has 200 valence electrons. The Balaban J connectivity index is 1.54. The Kier molecular flexibility index (Phi) is 4.39. The van der Waals surface area contributed by atoms with E-state index >= 15 is 0 Å². The lowest BCUT2D eigenvalue weighted by Gasteiger charge is -2.12.